The summed E-state index contributed by atoms with van der Waals surface area (Å²) in [7, 11) is 0. The molecular weight excluding hydrogens is 382 g/mol. The van der Waals surface area contributed by atoms with Crippen molar-refractivity contribution in [1.82, 2.24) is 14.8 Å². The predicted molar refractivity (Wildman–Crippen MR) is 113 cm³/mol. The second-order valence-corrected chi connectivity index (χ2v) is 8.71. The molecule has 7 heteroatoms. The van der Waals surface area contributed by atoms with Crippen LogP contribution in [0.3, 0.4) is 0 Å². The van der Waals surface area contributed by atoms with Gasteiger partial charge in [-0.25, -0.2) is 9.78 Å². The highest BCUT2D eigenvalue weighted by Gasteiger charge is 2.26. The van der Waals surface area contributed by atoms with Gasteiger partial charge < -0.3 is 19.1 Å². The maximum absolute atomic E-state index is 12.2. The molecule has 1 aromatic heterocycles. The van der Waals surface area contributed by atoms with E-state index in [1.165, 1.54) is 5.56 Å². The molecule has 1 amide bonds. The first kappa shape index (κ1) is 20.5. The third-order valence-electron chi connectivity index (χ3n) is 5.16. The molecule has 0 spiro atoms. The van der Waals surface area contributed by atoms with E-state index in [-0.39, 0.29) is 12.2 Å². The number of rotatable bonds is 3. The number of hydrogen-bond donors (Lipinski definition) is 0. The number of benzene rings is 1. The van der Waals surface area contributed by atoms with E-state index in [2.05, 4.69) is 34.1 Å². The van der Waals surface area contributed by atoms with Gasteiger partial charge in [-0.2, -0.15) is 0 Å². The Hall–Kier alpha value is -2.80. The summed E-state index contributed by atoms with van der Waals surface area (Å²) in [6, 6.07) is 12.1. The van der Waals surface area contributed by atoms with Gasteiger partial charge in [0, 0.05) is 38.9 Å². The minimum absolute atomic E-state index is 0.154. The maximum atomic E-state index is 12.2. The molecule has 0 radical (unpaired) electrons. The largest absolute Gasteiger partial charge is 0.484 e. The van der Waals surface area contributed by atoms with E-state index in [0.717, 1.165) is 25.2 Å². The molecule has 0 aliphatic carbocycles. The first-order valence-electron chi connectivity index (χ1n) is 10.4. The van der Waals surface area contributed by atoms with Crippen LogP contribution in [-0.4, -0.2) is 59.3 Å². The lowest BCUT2D eigenvalue weighted by molar-refractivity contribution is 0.0139. The average molecular weight is 412 g/mol. The summed E-state index contributed by atoms with van der Waals surface area (Å²) in [4.78, 5) is 20.6. The lowest BCUT2D eigenvalue weighted by Gasteiger charge is -2.35. The second-order valence-electron chi connectivity index (χ2n) is 8.71. The van der Waals surface area contributed by atoms with Crippen LogP contribution in [0.2, 0.25) is 0 Å². The molecule has 2 aromatic rings. The van der Waals surface area contributed by atoms with E-state index >= 15 is 0 Å². The van der Waals surface area contributed by atoms with E-state index in [0.29, 0.717) is 31.3 Å². The van der Waals surface area contributed by atoms with Crippen molar-refractivity contribution in [3.05, 3.63) is 53.7 Å². The van der Waals surface area contributed by atoms with Crippen molar-refractivity contribution in [3.63, 3.8) is 0 Å². The number of piperazine rings is 1. The topological polar surface area (TPSA) is 64.1 Å². The molecule has 3 heterocycles. The maximum Gasteiger partial charge on any atom is 0.410 e. The van der Waals surface area contributed by atoms with Crippen molar-refractivity contribution in [2.45, 2.75) is 39.0 Å². The minimum Gasteiger partial charge on any atom is -0.484 e. The van der Waals surface area contributed by atoms with Gasteiger partial charge in [0.2, 0.25) is 0 Å². The summed E-state index contributed by atoms with van der Waals surface area (Å²) < 4.78 is 17.2. The standard InChI is InChI=1S/C23H29N3O4/c1-23(2,3)30-22(27)26-13-11-25(12-14-26)15-17-6-8-18(9-7-17)20-16-28-19-5-4-10-24-21(19)29-20/h4-10,20H,11-16H2,1-3H3/t20-/m1/s1. The summed E-state index contributed by atoms with van der Waals surface area (Å²) in [6.45, 7) is 10.1. The first-order valence-corrected chi connectivity index (χ1v) is 10.4. The Labute approximate surface area is 177 Å². The van der Waals surface area contributed by atoms with Crippen molar-refractivity contribution < 1.29 is 19.0 Å². The molecule has 160 valence electrons. The molecule has 7 nitrogen and oxygen atoms in total. The summed E-state index contributed by atoms with van der Waals surface area (Å²) in [5.74, 6) is 1.23. The van der Waals surface area contributed by atoms with Crippen LogP contribution in [0.5, 0.6) is 11.6 Å². The van der Waals surface area contributed by atoms with Gasteiger partial charge in [0.1, 0.15) is 12.2 Å². The van der Waals surface area contributed by atoms with Crippen LogP contribution in [-0.2, 0) is 11.3 Å². The number of ether oxygens (including phenoxy) is 3. The smallest absolute Gasteiger partial charge is 0.410 e. The van der Waals surface area contributed by atoms with Crippen LogP contribution < -0.4 is 9.47 Å². The van der Waals surface area contributed by atoms with Crippen LogP contribution in [0.1, 0.15) is 38.0 Å². The summed E-state index contributed by atoms with van der Waals surface area (Å²) >= 11 is 0. The zero-order chi connectivity index (χ0) is 21.1. The highest BCUT2D eigenvalue weighted by molar-refractivity contribution is 5.68. The van der Waals surface area contributed by atoms with Gasteiger partial charge in [0.15, 0.2) is 11.9 Å². The molecule has 0 saturated carbocycles. The molecule has 30 heavy (non-hydrogen) atoms. The number of amides is 1. The Balaban J connectivity index is 1.28. The van der Waals surface area contributed by atoms with Crippen molar-refractivity contribution in [2.75, 3.05) is 32.8 Å². The van der Waals surface area contributed by atoms with Gasteiger partial charge in [-0.1, -0.05) is 24.3 Å². The third kappa shape index (κ3) is 5.02. The molecule has 1 atom stereocenters. The lowest BCUT2D eigenvalue weighted by atomic mass is 10.1. The van der Waals surface area contributed by atoms with Crippen molar-refractivity contribution in [2.24, 2.45) is 0 Å². The van der Waals surface area contributed by atoms with Crippen molar-refractivity contribution in [3.8, 4) is 11.6 Å². The number of carbonyl (C=O) groups is 1. The Kier molecular flexibility index (Phi) is 5.81. The molecule has 1 aromatic carbocycles. The van der Waals surface area contributed by atoms with E-state index < -0.39 is 5.60 Å². The molecule has 2 aliphatic heterocycles. The van der Waals surface area contributed by atoms with Crippen molar-refractivity contribution in [1.29, 1.82) is 0 Å². The van der Waals surface area contributed by atoms with Gasteiger partial charge in [0.25, 0.3) is 5.88 Å². The normalized spacial score (nSPS) is 19.4. The van der Waals surface area contributed by atoms with Crippen molar-refractivity contribution >= 4 is 6.09 Å². The van der Waals surface area contributed by atoms with Crippen LogP contribution in [0.15, 0.2) is 42.6 Å². The van der Waals surface area contributed by atoms with Crippen LogP contribution >= 0.6 is 0 Å². The molecule has 1 fully saturated rings. The molecule has 2 aliphatic rings. The molecule has 4 rings (SSSR count). The first-order chi connectivity index (χ1) is 14.4. The van der Waals surface area contributed by atoms with Gasteiger partial charge in [-0.05, 0) is 44.0 Å². The molecule has 0 unspecified atom stereocenters. The molecular formula is C23H29N3O4. The van der Waals surface area contributed by atoms with Gasteiger partial charge >= 0.3 is 6.09 Å². The number of fused-ring (bicyclic) bond motifs is 1. The predicted octanol–water partition coefficient (Wildman–Crippen LogP) is 3.65. The van der Waals surface area contributed by atoms with Crippen LogP contribution in [0.25, 0.3) is 0 Å². The molecule has 0 N–H and O–H groups in total. The summed E-state index contributed by atoms with van der Waals surface area (Å²) in [5, 5.41) is 0. The molecule has 1 saturated heterocycles. The average Bonchev–Trinajstić information content (AvgIpc) is 2.73. The second kappa shape index (κ2) is 8.52. The summed E-state index contributed by atoms with van der Waals surface area (Å²) in [6.07, 6.45) is 1.33. The Morgan fingerprint density at radius 3 is 2.57 bits per heavy atom. The van der Waals surface area contributed by atoms with Gasteiger partial charge in [-0.15, -0.1) is 0 Å². The van der Waals surface area contributed by atoms with E-state index in [1.807, 2.05) is 32.9 Å². The highest BCUT2D eigenvalue weighted by Crippen LogP contribution is 2.34. The fourth-order valence-electron chi connectivity index (χ4n) is 3.58. The zero-order valence-corrected chi connectivity index (χ0v) is 17.8. The van der Waals surface area contributed by atoms with E-state index in [9.17, 15) is 4.79 Å². The molecule has 0 bridgehead atoms. The Morgan fingerprint density at radius 2 is 1.87 bits per heavy atom. The SMILES string of the molecule is CC(C)(C)OC(=O)N1CCN(Cc2ccc([C@H]3COc4cccnc4O3)cc2)CC1. The summed E-state index contributed by atoms with van der Waals surface area (Å²) in [5.41, 5.74) is 1.85. The number of pyridine rings is 1. The van der Waals surface area contributed by atoms with Crippen LogP contribution in [0.4, 0.5) is 4.79 Å². The van der Waals surface area contributed by atoms with Gasteiger partial charge in [0.05, 0.1) is 0 Å². The monoisotopic (exact) mass is 411 g/mol. The number of carbonyl (C=O) groups excluding carboxylic acids is 1. The Morgan fingerprint density at radius 1 is 1.13 bits per heavy atom. The highest BCUT2D eigenvalue weighted by atomic mass is 16.6. The van der Waals surface area contributed by atoms with E-state index in [4.69, 9.17) is 14.2 Å². The number of aromatic nitrogens is 1. The fourth-order valence-corrected chi connectivity index (χ4v) is 3.58. The number of hydrogen-bond acceptors (Lipinski definition) is 6. The van der Waals surface area contributed by atoms with Gasteiger partial charge in [-0.3, -0.25) is 4.90 Å². The Bertz CT molecular complexity index is 871. The zero-order valence-electron chi connectivity index (χ0n) is 17.8. The third-order valence-corrected chi connectivity index (χ3v) is 5.16. The van der Waals surface area contributed by atoms with E-state index in [1.54, 1.807) is 11.1 Å². The lowest BCUT2D eigenvalue weighted by Crippen LogP contribution is -2.49. The fraction of sp³-hybridized carbons (Fsp3) is 0.478. The minimum atomic E-state index is -0.457. The number of nitrogens with zero attached hydrogens (tertiary/aromatic N) is 3. The van der Waals surface area contributed by atoms with Crippen LogP contribution in [0, 0.1) is 0 Å². The quantitative estimate of drug-likeness (QED) is 0.768.